The van der Waals surface area contributed by atoms with E-state index in [1.54, 1.807) is 6.92 Å². The number of rotatable bonds is 5. The molecule has 0 amide bonds. The first-order chi connectivity index (χ1) is 9.56. The maximum atomic E-state index is 11.2. The second-order valence-corrected chi connectivity index (χ2v) is 4.82. The van der Waals surface area contributed by atoms with Crippen LogP contribution in [0.3, 0.4) is 0 Å². The van der Waals surface area contributed by atoms with Gasteiger partial charge in [0.2, 0.25) is 11.8 Å². The average Bonchev–Trinajstić information content (AvgIpc) is 2.86. The van der Waals surface area contributed by atoms with E-state index < -0.39 is 4.92 Å². The Kier molecular flexibility index (Phi) is 4.30. The molecule has 20 heavy (non-hydrogen) atoms. The van der Waals surface area contributed by atoms with Gasteiger partial charge >= 0.3 is 5.69 Å². The Morgan fingerprint density at radius 3 is 2.95 bits per heavy atom. The maximum absolute atomic E-state index is 11.2. The van der Waals surface area contributed by atoms with Crippen molar-refractivity contribution in [1.29, 1.82) is 0 Å². The summed E-state index contributed by atoms with van der Waals surface area (Å²) in [6, 6.07) is 0. The van der Waals surface area contributed by atoms with E-state index in [1.807, 2.05) is 4.90 Å². The van der Waals surface area contributed by atoms with Crippen LogP contribution in [0.1, 0.15) is 18.5 Å². The Balaban J connectivity index is 2.34. The molecule has 0 aliphatic carbocycles. The number of hydrazine groups is 1. The van der Waals surface area contributed by atoms with Crippen molar-refractivity contribution in [2.24, 2.45) is 11.8 Å². The molecule has 0 aromatic carbocycles. The first kappa shape index (κ1) is 14.4. The summed E-state index contributed by atoms with van der Waals surface area (Å²) in [6.45, 7) is 3.00. The minimum Gasteiger partial charge on any atom is -0.396 e. The number of aryl methyl sites for hydroxylation is 1. The molecule has 1 fully saturated rings. The normalized spacial score (nSPS) is 18.4. The van der Waals surface area contributed by atoms with Crippen molar-refractivity contribution in [3.8, 4) is 0 Å². The van der Waals surface area contributed by atoms with Gasteiger partial charge in [0, 0.05) is 19.7 Å². The summed E-state index contributed by atoms with van der Waals surface area (Å²) in [5, 5.41) is 20.2. The largest absolute Gasteiger partial charge is 0.396 e. The Labute approximate surface area is 115 Å². The lowest BCUT2D eigenvalue weighted by Crippen LogP contribution is -2.24. The SMILES string of the molecule is Cc1nc(NN)nc(N2CCC(CCO)C2)c1[N+](=O)[O-]. The zero-order valence-corrected chi connectivity index (χ0v) is 11.2. The fraction of sp³-hybridized carbons (Fsp3) is 0.636. The van der Waals surface area contributed by atoms with E-state index in [0.29, 0.717) is 25.4 Å². The first-order valence-electron chi connectivity index (χ1n) is 6.42. The van der Waals surface area contributed by atoms with Crippen molar-refractivity contribution < 1.29 is 10.0 Å². The number of hydrogen-bond donors (Lipinski definition) is 3. The first-order valence-corrected chi connectivity index (χ1v) is 6.42. The van der Waals surface area contributed by atoms with Gasteiger partial charge in [-0.2, -0.15) is 4.98 Å². The average molecular weight is 282 g/mol. The van der Waals surface area contributed by atoms with Crippen LogP contribution in [0.15, 0.2) is 0 Å². The minimum absolute atomic E-state index is 0.0892. The van der Waals surface area contributed by atoms with Crippen LogP contribution in [0.25, 0.3) is 0 Å². The van der Waals surface area contributed by atoms with Crippen molar-refractivity contribution in [3.05, 3.63) is 15.8 Å². The molecule has 1 aliphatic rings. The Bertz CT molecular complexity index is 509. The monoisotopic (exact) mass is 282 g/mol. The number of nitro groups is 1. The van der Waals surface area contributed by atoms with E-state index in [4.69, 9.17) is 10.9 Å². The van der Waals surface area contributed by atoms with E-state index in [2.05, 4.69) is 15.4 Å². The topological polar surface area (TPSA) is 130 Å². The zero-order valence-electron chi connectivity index (χ0n) is 11.2. The van der Waals surface area contributed by atoms with Crippen molar-refractivity contribution in [2.45, 2.75) is 19.8 Å². The summed E-state index contributed by atoms with van der Waals surface area (Å²) in [5.41, 5.74) is 2.51. The molecule has 1 aromatic heterocycles. The molecule has 0 radical (unpaired) electrons. The van der Waals surface area contributed by atoms with Crippen LogP contribution in [0.2, 0.25) is 0 Å². The van der Waals surface area contributed by atoms with Crippen LogP contribution in [-0.2, 0) is 0 Å². The molecule has 0 spiro atoms. The minimum atomic E-state index is -0.468. The summed E-state index contributed by atoms with van der Waals surface area (Å²) in [7, 11) is 0. The van der Waals surface area contributed by atoms with Crippen LogP contribution in [0, 0.1) is 23.0 Å². The van der Waals surface area contributed by atoms with Gasteiger partial charge in [-0.05, 0) is 25.7 Å². The van der Waals surface area contributed by atoms with E-state index in [-0.39, 0.29) is 29.8 Å². The van der Waals surface area contributed by atoms with Gasteiger partial charge in [-0.15, -0.1) is 0 Å². The highest BCUT2D eigenvalue weighted by atomic mass is 16.6. The number of aliphatic hydroxyl groups is 1. The van der Waals surface area contributed by atoms with E-state index in [9.17, 15) is 10.1 Å². The number of aromatic nitrogens is 2. The highest BCUT2D eigenvalue weighted by molar-refractivity contribution is 5.62. The van der Waals surface area contributed by atoms with Crippen LogP contribution < -0.4 is 16.2 Å². The van der Waals surface area contributed by atoms with Crippen LogP contribution in [0.4, 0.5) is 17.5 Å². The van der Waals surface area contributed by atoms with Gasteiger partial charge < -0.3 is 10.0 Å². The summed E-state index contributed by atoms with van der Waals surface area (Å²) in [4.78, 5) is 20.7. The van der Waals surface area contributed by atoms with Gasteiger partial charge in [0.1, 0.15) is 5.69 Å². The van der Waals surface area contributed by atoms with E-state index >= 15 is 0 Å². The molecule has 2 heterocycles. The standard InChI is InChI=1S/C11H18N6O3/c1-7-9(17(19)20)10(14-11(13-7)15-12)16-4-2-8(6-16)3-5-18/h8,18H,2-6,12H2,1H3,(H,13,14,15). The summed E-state index contributed by atoms with van der Waals surface area (Å²) in [6.07, 6.45) is 1.57. The fourth-order valence-corrected chi connectivity index (χ4v) is 2.49. The molecule has 4 N–H and O–H groups in total. The van der Waals surface area contributed by atoms with Crippen molar-refractivity contribution in [1.82, 2.24) is 9.97 Å². The Hall–Kier alpha value is -2.00. The molecule has 1 aliphatic heterocycles. The van der Waals surface area contributed by atoms with Crippen LogP contribution in [0.5, 0.6) is 0 Å². The molecular weight excluding hydrogens is 264 g/mol. The number of nitrogens with zero attached hydrogens (tertiary/aromatic N) is 4. The Morgan fingerprint density at radius 1 is 1.60 bits per heavy atom. The molecule has 1 atom stereocenters. The summed E-state index contributed by atoms with van der Waals surface area (Å²) >= 11 is 0. The second-order valence-electron chi connectivity index (χ2n) is 4.82. The predicted octanol–water partition coefficient (Wildman–Crippen LogP) is 0.188. The van der Waals surface area contributed by atoms with Gasteiger partial charge in [-0.25, -0.2) is 10.8 Å². The number of hydrogen-bond acceptors (Lipinski definition) is 8. The van der Waals surface area contributed by atoms with Gasteiger partial charge in [0.15, 0.2) is 0 Å². The van der Waals surface area contributed by atoms with Gasteiger partial charge in [-0.3, -0.25) is 15.5 Å². The van der Waals surface area contributed by atoms with Gasteiger partial charge in [-0.1, -0.05) is 0 Å². The fourth-order valence-electron chi connectivity index (χ4n) is 2.49. The van der Waals surface area contributed by atoms with Crippen molar-refractivity contribution in [2.75, 3.05) is 30.0 Å². The summed E-state index contributed by atoms with van der Waals surface area (Å²) < 4.78 is 0. The molecule has 110 valence electrons. The summed E-state index contributed by atoms with van der Waals surface area (Å²) in [5.74, 6) is 6.06. The molecule has 9 nitrogen and oxygen atoms in total. The lowest BCUT2D eigenvalue weighted by atomic mass is 10.1. The zero-order chi connectivity index (χ0) is 14.7. The number of nitrogen functional groups attached to an aromatic ring is 1. The number of nitrogens with one attached hydrogen (secondary N) is 1. The second kappa shape index (κ2) is 5.97. The third-order valence-electron chi connectivity index (χ3n) is 3.47. The number of aliphatic hydroxyl groups excluding tert-OH is 1. The lowest BCUT2D eigenvalue weighted by molar-refractivity contribution is -0.385. The van der Waals surface area contributed by atoms with Crippen LogP contribution >= 0.6 is 0 Å². The van der Waals surface area contributed by atoms with Gasteiger partial charge in [0.05, 0.1) is 4.92 Å². The number of nitrogens with two attached hydrogens (primary N) is 1. The molecule has 0 saturated carbocycles. The lowest BCUT2D eigenvalue weighted by Gasteiger charge is -2.18. The maximum Gasteiger partial charge on any atom is 0.332 e. The van der Waals surface area contributed by atoms with Crippen molar-refractivity contribution in [3.63, 3.8) is 0 Å². The van der Waals surface area contributed by atoms with E-state index in [0.717, 1.165) is 6.42 Å². The predicted molar refractivity (Wildman–Crippen MR) is 73.3 cm³/mol. The number of anilines is 2. The highest BCUT2D eigenvalue weighted by Crippen LogP contribution is 2.33. The molecule has 0 bridgehead atoms. The van der Waals surface area contributed by atoms with Gasteiger partial charge in [0.25, 0.3) is 0 Å². The molecule has 1 saturated heterocycles. The third-order valence-corrected chi connectivity index (χ3v) is 3.47. The highest BCUT2D eigenvalue weighted by Gasteiger charge is 2.31. The molecule has 1 unspecified atom stereocenters. The Morgan fingerprint density at radius 2 is 2.35 bits per heavy atom. The third kappa shape index (κ3) is 2.78. The van der Waals surface area contributed by atoms with Crippen molar-refractivity contribution >= 4 is 17.5 Å². The quantitative estimate of drug-likeness (QED) is 0.396. The van der Waals surface area contributed by atoms with E-state index in [1.165, 1.54) is 0 Å². The molecule has 1 aromatic rings. The smallest absolute Gasteiger partial charge is 0.332 e. The molecule has 9 heteroatoms. The van der Waals surface area contributed by atoms with Crippen LogP contribution in [-0.4, -0.2) is 39.7 Å². The molecule has 2 rings (SSSR count). The molecular formula is C11H18N6O3.